The van der Waals surface area contributed by atoms with Crippen molar-refractivity contribution in [1.29, 1.82) is 0 Å². The molecule has 8 nitrogen and oxygen atoms in total. The molecule has 252 valence electrons. The average Bonchev–Trinajstić information content (AvgIpc) is 3.03. The number of carbonyl (C=O) groups is 2. The van der Waals surface area contributed by atoms with Crippen LogP contribution in [0.1, 0.15) is 90.9 Å². The maximum Gasteiger partial charge on any atom is 0.472 e. The van der Waals surface area contributed by atoms with Gasteiger partial charge in [0.1, 0.15) is 6.61 Å². The first-order valence-electron chi connectivity index (χ1n) is 15.9. The molecule has 0 saturated carbocycles. The highest BCUT2D eigenvalue weighted by Gasteiger charge is 2.24. The van der Waals surface area contributed by atoms with Crippen molar-refractivity contribution in [2.75, 3.05) is 20.3 Å². The van der Waals surface area contributed by atoms with E-state index < -0.39 is 32.5 Å². The predicted molar refractivity (Wildman–Crippen MR) is 183 cm³/mol. The fourth-order valence-electron chi connectivity index (χ4n) is 3.45. The van der Waals surface area contributed by atoms with Gasteiger partial charge in [-0.15, -0.1) is 0 Å². The van der Waals surface area contributed by atoms with Crippen molar-refractivity contribution in [3.05, 3.63) is 97.2 Å². The maximum absolute atomic E-state index is 12.3. The normalized spacial score (nSPS) is 14.8. The van der Waals surface area contributed by atoms with Crippen LogP contribution in [0.5, 0.6) is 0 Å². The molecule has 0 aromatic carbocycles. The van der Waals surface area contributed by atoms with Crippen molar-refractivity contribution >= 4 is 19.8 Å². The number of esters is 2. The minimum atomic E-state index is -4.29. The Hall–Kier alpha value is -3.03. The lowest BCUT2D eigenvalue weighted by Crippen LogP contribution is -2.29. The van der Waals surface area contributed by atoms with Crippen LogP contribution < -0.4 is 0 Å². The van der Waals surface area contributed by atoms with E-state index in [1.54, 1.807) is 0 Å². The van der Waals surface area contributed by atoms with Crippen LogP contribution >= 0.6 is 7.82 Å². The fourth-order valence-corrected chi connectivity index (χ4v) is 3.91. The predicted octanol–water partition coefficient (Wildman–Crippen LogP) is 9.38. The zero-order chi connectivity index (χ0) is 33.3. The van der Waals surface area contributed by atoms with Crippen LogP contribution in [0.2, 0.25) is 0 Å². The molecule has 0 spiro atoms. The molecule has 0 rings (SSSR count). The van der Waals surface area contributed by atoms with E-state index in [-0.39, 0.29) is 19.4 Å². The zero-order valence-electron chi connectivity index (χ0n) is 27.5. The Labute approximate surface area is 271 Å². The van der Waals surface area contributed by atoms with Gasteiger partial charge in [0.25, 0.3) is 0 Å². The minimum Gasteiger partial charge on any atom is -0.462 e. The van der Waals surface area contributed by atoms with Crippen molar-refractivity contribution in [2.24, 2.45) is 0 Å². The summed E-state index contributed by atoms with van der Waals surface area (Å²) in [4.78, 5) is 34.1. The standard InChI is InChI=1S/C36H55O8P/c1-4-6-8-10-12-14-16-18-20-22-24-26-28-30-35(37)42-32-34(33-43-45(39,40)41-3)44-36(38)31-29-27-25-23-21-19-17-15-13-11-9-7-5-2/h6-9,12-15,18-21,24-27,34H,4-5,10-11,16-17,22-23,28-33H2,1-3H3,(H,39,40)/b8-6-,9-7-,14-12-,15-13-,20-18-,21-19-,26-24-,27-25-. The molecule has 2 unspecified atom stereocenters. The summed E-state index contributed by atoms with van der Waals surface area (Å²) in [6, 6.07) is 0. The van der Waals surface area contributed by atoms with Gasteiger partial charge in [-0.25, -0.2) is 4.57 Å². The summed E-state index contributed by atoms with van der Waals surface area (Å²) in [6.45, 7) is 3.47. The molecular formula is C36H55O8P. The molecule has 0 aliphatic carbocycles. The van der Waals surface area contributed by atoms with E-state index in [2.05, 4.69) is 91.3 Å². The van der Waals surface area contributed by atoms with Crippen LogP contribution in [-0.2, 0) is 32.7 Å². The Bertz CT molecular complexity index is 1050. The van der Waals surface area contributed by atoms with Crippen molar-refractivity contribution in [2.45, 2.75) is 97.0 Å². The first-order chi connectivity index (χ1) is 21.8. The van der Waals surface area contributed by atoms with Gasteiger partial charge < -0.3 is 14.4 Å². The van der Waals surface area contributed by atoms with Gasteiger partial charge in [-0.2, -0.15) is 0 Å². The summed E-state index contributed by atoms with van der Waals surface area (Å²) >= 11 is 0. The molecular weight excluding hydrogens is 591 g/mol. The molecule has 9 heteroatoms. The first-order valence-corrected chi connectivity index (χ1v) is 17.4. The number of hydrogen-bond donors (Lipinski definition) is 1. The molecule has 45 heavy (non-hydrogen) atoms. The summed E-state index contributed by atoms with van der Waals surface area (Å²) in [5.41, 5.74) is 0. The lowest BCUT2D eigenvalue weighted by Gasteiger charge is -2.19. The molecule has 1 N–H and O–H groups in total. The van der Waals surface area contributed by atoms with Gasteiger partial charge in [-0.1, -0.05) is 111 Å². The summed E-state index contributed by atoms with van der Waals surface area (Å²) in [5, 5.41) is 0. The van der Waals surface area contributed by atoms with E-state index in [9.17, 15) is 19.0 Å². The van der Waals surface area contributed by atoms with Crippen LogP contribution in [0.4, 0.5) is 0 Å². The molecule has 0 aliphatic rings. The zero-order valence-corrected chi connectivity index (χ0v) is 28.4. The van der Waals surface area contributed by atoms with Crippen LogP contribution in [0.15, 0.2) is 97.2 Å². The van der Waals surface area contributed by atoms with Crippen molar-refractivity contribution in [1.82, 2.24) is 0 Å². The number of carbonyl (C=O) groups excluding carboxylic acids is 2. The van der Waals surface area contributed by atoms with Gasteiger partial charge in [0.15, 0.2) is 6.10 Å². The molecule has 0 fully saturated rings. The van der Waals surface area contributed by atoms with Crippen molar-refractivity contribution in [3.63, 3.8) is 0 Å². The largest absolute Gasteiger partial charge is 0.472 e. The van der Waals surface area contributed by atoms with Crippen LogP contribution in [0, 0.1) is 0 Å². The van der Waals surface area contributed by atoms with Gasteiger partial charge in [-0.3, -0.25) is 18.6 Å². The molecule has 0 saturated heterocycles. The summed E-state index contributed by atoms with van der Waals surface area (Å²) in [6.07, 6.45) is 40.7. The molecule has 0 amide bonds. The number of hydrogen-bond acceptors (Lipinski definition) is 7. The third kappa shape index (κ3) is 30.8. The lowest BCUT2D eigenvalue weighted by atomic mass is 10.2. The second-order valence-corrected chi connectivity index (χ2v) is 11.4. The highest BCUT2D eigenvalue weighted by Crippen LogP contribution is 2.42. The van der Waals surface area contributed by atoms with Crippen molar-refractivity contribution in [3.8, 4) is 0 Å². The Balaban J connectivity index is 4.41. The SMILES string of the molecule is CC/C=C\C/C=C\C/C=C\C/C=C\CCC(=O)OCC(COP(=O)(O)OC)OC(=O)CC/C=C\C/C=C\C/C=C\C/C=C\CC. The molecule has 0 radical (unpaired) electrons. The van der Waals surface area contributed by atoms with E-state index in [0.29, 0.717) is 12.8 Å². The van der Waals surface area contributed by atoms with Gasteiger partial charge in [0.2, 0.25) is 0 Å². The fraction of sp³-hybridized carbons (Fsp3) is 0.500. The molecule has 0 heterocycles. The number of allylic oxidation sites excluding steroid dienone is 16. The second-order valence-electron chi connectivity index (χ2n) is 9.82. The van der Waals surface area contributed by atoms with Gasteiger partial charge >= 0.3 is 19.8 Å². The van der Waals surface area contributed by atoms with Gasteiger partial charge in [0, 0.05) is 20.0 Å². The number of phosphoric acid groups is 1. The highest BCUT2D eigenvalue weighted by molar-refractivity contribution is 7.47. The highest BCUT2D eigenvalue weighted by atomic mass is 31.2. The third-order valence-corrected chi connectivity index (χ3v) is 6.79. The molecule has 0 aliphatic heterocycles. The Morgan fingerprint density at radius 3 is 1.38 bits per heavy atom. The number of ether oxygens (including phenoxy) is 2. The maximum atomic E-state index is 12.3. The quantitative estimate of drug-likeness (QED) is 0.0534. The van der Waals surface area contributed by atoms with E-state index in [0.717, 1.165) is 58.5 Å². The summed E-state index contributed by atoms with van der Waals surface area (Å²) < 4.78 is 31.5. The van der Waals surface area contributed by atoms with E-state index in [1.807, 2.05) is 24.3 Å². The van der Waals surface area contributed by atoms with Gasteiger partial charge in [-0.05, 0) is 64.2 Å². The summed E-state index contributed by atoms with van der Waals surface area (Å²) in [7, 11) is -3.26. The van der Waals surface area contributed by atoms with Crippen LogP contribution in [0.25, 0.3) is 0 Å². The van der Waals surface area contributed by atoms with Crippen LogP contribution in [-0.4, -0.2) is 43.3 Å². The van der Waals surface area contributed by atoms with E-state index in [4.69, 9.17) is 14.0 Å². The molecule has 0 bridgehead atoms. The first kappa shape index (κ1) is 42.0. The molecule has 0 aromatic heterocycles. The smallest absolute Gasteiger partial charge is 0.462 e. The number of phosphoric ester groups is 1. The van der Waals surface area contributed by atoms with Crippen LogP contribution in [0.3, 0.4) is 0 Å². The minimum absolute atomic E-state index is 0.103. The third-order valence-electron chi connectivity index (χ3n) is 5.85. The topological polar surface area (TPSA) is 108 Å². The van der Waals surface area contributed by atoms with E-state index >= 15 is 0 Å². The monoisotopic (exact) mass is 646 g/mol. The Morgan fingerprint density at radius 1 is 0.600 bits per heavy atom. The summed E-state index contributed by atoms with van der Waals surface area (Å²) in [5.74, 6) is -1.01. The molecule has 2 atom stereocenters. The Kier molecular flexibility index (Phi) is 28.9. The van der Waals surface area contributed by atoms with Gasteiger partial charge in [0.05, 0.1) is 6.61 Å². The van der Waals surface area contributed by atoms with Crippen molar-refractivity contribution < 1.29 is 37.6 Å². The van der Waals surface area contributed by atoms with E-state index in [1.165, 1.54) is 0 Å². The molecule has 0 aromatic rings. The Morgan fingerprint density at radius 2 is 0.978 bits per heavy atom. The lowest BCUT2D eigenvalue weighted by molar-refractivity contribution is -0.161. The number of rotatable bonds is 27. The average molecular weight is 647 g/mol. The second kappa shape index (κ2) is 31.0.